The van der Waals surface area contributed by atoms with Crippen LogP contribution in [0.25, 0.3) is 99.8 Å². The molecule has 368 valence electrons. The molecule has 75 heavy (non-hydrogen) atoms. The van der Waals surface area contributed by atoms with Gasteiger partial charge in [0.15, 0.2) is 0 Å². The van der Waals surface area contributed by atoms with E-state index in [1.165, 1.54) is 5.56 Å². The number of hydrogen-bond donors (Lipinski definition) is 0. The molecule has 13 rings (SSSR count). The van der Waals surface area contributed by atoms with Crippen LogP contribution < -0.4 is 4.74 Å². The van der Waals surface area contributed by atoms with E-state index in [0.29, 0.717) is 37.7 Å². The summed E-state index contributed by atoms with van der Waals surface area (Å²) in [6.45, 7) is 13.3. The van der Waals surface area contributed by atoms with Crippen molar-refractivity contribution in [1.82, 2.24) is 23.3 Å². The third-order valence-electron chi connectivity index (χ3n) is 14.1. The topological polar surface area (TPSA) is 41.8 Å². The van der Waals surface area contributed by atoms with E-state index in [4.69, 9.17) is 17.9 Å². The Morgan fingerprint density at radius 2 is 1.01 bits per heavy atom. The summed E-state index contributed by atoms with van der Waals surface area (Å²) in [6, 6.07) is 46.1. The molecule has 4 aromatic heterocycles. The fraction of sp³-hybridized carbons (Fsp3) is 0.118. The van der Waals surface area contributed by atoms with E-state index in [1.54, 1.807) is 12.1 Å². The fourth-order valence-corrected chi connectivity index (χ4v) is 11.8. The van der Waals surface area contributed by atoms with Gasteiger partial charge in [0.25, 0.3) is 0 Å². The van der Waals surface area contributed by atoms with Crippen LogP contribution in [0, 0.1) is 3.80 Å². The van der Waals surface area contributed by atoms with Crippen molar-refractivity contribution in [2.24, 2.45) is 0 Å². The molecule has 4 heterocycles. The molecule has 0 saturated carbocycles. The molecule has 6 nitrogen and oxygen atoms in total. The number of imidazole rings is 1. The van der Waals surface area contributed by atoms with Gasteiger partial charge >= 0.3 is 382 Å². The molecule has 0 amide bonds. The molecule has 0 unspecified atom stereocenters. The summed E-state index contributed by atoms with van der Waals surface area (Å²) in [7, 11) is 0. The first kappa shape index (κ1) is 36.6. The van der Waals surface area contributed by atoms with Gasteiger partial charge in [-0.1, -0.05) is 53.7 Å². The molecule has 0 atom stereocenters. The molecule has 0 spiro atoms. The molecule has 0 fully saturated rings. The molecule has 0 saturated heterocycles. The maximum atomic E-state index is 9.59. The third kappa shape index (κ3) is 7.90. The van der Waals surface area contributed by atoms with Gasteiger partial charge in [0.05, 0.1) is 0 Å². The summed E-state index contributed by atoms with van der Waals surface area (Å²) in [5, 5.41) is 4.00. The zero-order valence-electron chi connectivity index (χ0n) is 52.0. The van der Waals surface area contributed by atoms with Crippen LogP contribution in [0.1, 0.15) is 66.4 Å². The predicted molar refractivity (Wildman–Crippen MR) is 307 cm³/mol. The molecule has 0 aliphatic rings. The molecule has 7 heteroatoms. The maximum absolute atomic E-state index is 9.59. The van der Waals surface area contributed by atoms with E-state index in [-0.39, 0.29) is 38.8 Å². The zero-order valence-corrected chi connectivity index (χ0v) is 44.3. The summed E-state index contributed by atoms with van der Waals surface area (Å²) in [5.74, 6) is 1.92. The van der Waals surface area contributed by atoms with E-state index < -0.39 is 60.4 Å². The van der Waals surface area contributed by atoms with Crippen molar-refractivity contribution < 1.29 is 37.8 Å². The Bertz CT molecular complexity index is 4860. The number of fused-ring (bicyclic) bond motifs is 7. The van der Waals surface area contributed by atoms with Crippen molar-refractivity contribution in [2.45, 2.75) is 52.4 Å². The van der Waals surface area contributed by atoms with Crippen molar-refractivity contribution in [3.63, 3.8) is 0 Å². The second-order valence-electron chi connectivity index (χ2n) is 20.9. The van der Waals surface area contributed by atoms with Crippen molar-refractivity contribution >= 4 is 54.6 Å². The van der Waals surface area contributed by atoms with Crippen molar-refractivity contribution in [3.8, 4) is 56.6 Å². The van der Waals surface area contributed by atoms with Gasteiger partial charge < -0.3 is 0 Å². The summed E-state index contributed by atoms with van der Waals surface area (Å²) in [6.07, 6.45) is 1.88. The van der Waals surface area contributed by atoms with Gasteiger partial charge in [-0.25, -0.2) is 0 Å². The Hall–Kier alpha value is -8.31. The molecule has 0 aliphatic carbocycles. The number of aromatic nitrogens is 5. The average Bonchev–Trinajstić information content (AvgIpc) is 1.89. The Balaban J connectivity index is 1.06. The zero-order chi connectivity index (χ0) is 59.9. The third-order valence-corrected chi connectivity index (χ3v) is 15.1. The summed E-state index contributed by atoms with van der Waals surface area (Å²) >= 11 is 2.21. The first-order valence-electron chi connectivity index (χ1n) is 29.9. The number of nitrogens with zero attached hydrogens (tertiary/aromatic N) is 5. The van der Waals surface area contributed by atoms with Crippen LogP contribution in [0.3, 0.4) is 0 Å². The van der Waals surface area contributed by atoms with Crippen LogP contribution in [0.4, 0.5) is 0 Å². The first-order chi connectivity index (χ1) is 40.5. The number of hydrogen-bond acceptors (Lipinski definition) is 2. The summed E-state index contributed by atoms with van der Waals surface area (Å²) < 4.78 is 107. The van der Waals surface area contributed by atoms with E-state index in [0.717, 1.165) is 55.0 Å². The van der Waals surface area contributed by atoms with E-state index in [1.807, 2.05) is 123 Å². The van der Waals surface area contributed by atoms with E-state index in [9.17, 15) is 5.48 Å². The SMILES string of the molecule is [2H]c1c([2H])c([2H])c(-c2cc(-n3c4ccccc4c4ccccc43)cc(-c3c([2H])c([2H])c([2H])c([2H])c3[2H])c2-n2[c](=[Pt])n(-c3cccc(Oc4ccc5c6cccc(C(C)(C)C)c6n(-c6cc(C(C)(C)C)ccn6)c5c4)c3)c3ccccc32)c([2H])c1[2H]. The van der Waals surface area contributed by atoms with Gasteiger partial charge in [-0.05, 0) is 22.5 Å². The minimum absolute atomic E-state index is 0.122. The number of ether oxygens (including phenoxy) is 1. The summed E-state index contributed by atoms with van der Waals surface area (Å²) in [5.41, 5.74) is 8.30. The summed E-state index contributed by atoms with van der Waals surface area (Å²) in [4.78, 5) is 4.99. The Kier molecular flexibility index (Phi) is 8.76. The average molecular weight is 1160 g/mol. The quantitative estimate of drug-likeness (QED) is 0.152. The Labute approximate surface area is 461 Å². The van der Waals surface area contributed by atoms with Crippen LogP contribution in [0.2, 0.25) is 0 Å². The van der Waals surface area contributed by atoms with Gasteiger partial charge in [0, 0.05) is 6.20 Å². The molecule has 0 bridgehead atoms. The fourth-order valence-electron chi connectivity index (χ4n) is 10.7. The molecule has 9 aromatic carbocycles. The number of para-hydroxylation sites is 5. The van der Waals surface area contributed by atoms with Crippen LogP contribution in [0.15, 0.2) is 224 Å². The van der Waals surface area contributed by atoms with Crippen LogP contribution in [-0.4, -0.2) is 23.3 Å². The molecule has 0 N–H and O–H groups in total. The van der Waals surface area contributed by atoms with Crippen molar-refractivity contribution in [3.05, 3.63) is 239 Å². The second-order valence-corrected chi connectivity index (χ2v) is 21.9. The van der Waals surface area contributed by atoms with Gasteiger partial charge in [-0.2, -0.15) is 0 Å². The normalized spacial score (nSPS) is 14.1. The van der Waals surface area contributed by atoms with E-state index >= 15 is 0 Å². The minimum atomic E-state index is -0.578. The van der Waals surface area contributed by atoms with Crippen LogP contribution >= 0.6 is 0 Å². The van der Waals surface area contributed by atoms with Gasteiger partial charge in [0.1, 0.15) is 0 Å². The Morgan fingerprint density at radius 3 is 1.64 bits per heavy atom. The van der Waals surface area contributed by atoms with Crippen molar-refractivity contribution in [1.29, 1.82) is 0 Å². The number of benzene rings is 9. The molecular formula is C68H55N5OPt. The molecule has 0 aliphatic heterocycles. The monoisotopic (exact) mass is 1160 g/mol. The standard InChI is InChI=1S/C68H55N5O.Pt/c1-67(2,3)47-37-38-69-64(39-47)73-63-43-51(35-36-54(63)55-29-20-30-58(66(55)73)68(4,5)6)74-50-26-19-25-48(40-50)70-44-71(62-34-18-17-33-61(62)70)65-56(45-21-9-7-10-22-45)41-49(42-57(65)46-23-11-8-12-24-46)72-59-31-15-13-27-52(59)53-28-14-16-32-60(53)72;/h7-43H,1-6H3;/i7D,8D,9D,10D,11D,12D,21D,22D,23D,24D;. The van der Waals surface area contributed by atoms with Gasteiger partial charge in [-0.15, -0.1) is 0 Å². The van der Waals surface area contributed by atoms with Crippen LogP contribution in [-0.2, 0) is 30.2 Å². The molecule has 0 radical (unpaired) electrons. The molecular weight excluding hydrogens is 1100 g/mol. The molecule has 13 aromatic rings. The van der Waals surface area contributed by atoms with Crippen LogP contribution in [0.5, 0.6) is 11.5 Å². The van der Waals surface area contributed by atoms with E-state index in [2.05, 4.69) is 108 Å². The second kappa shape index (κ2) is 18.0. The van der Waals surface area contributed by atoms with Gasteiger partial charge in [-0.3, -0.25) is 0 Å². The number of pyridine rings is 1. The van der Waals surface area contributed by atoms with Crippen molar-refractivity contribution in [2.75, 3.05) is 0 Å². The first-order valence-corrected chi connectivity index (χ1v) is 26.0. The van der Waals surface area contributed by atoms with Gasteiger partial charge in [0.2, 0.25) is 0 Å². The Morgan fingerprint density at radius 1 is 0.453 bits per heavy atom. The number of rotatable bonds is 8. The predicted octanol–water partition coefficient (Wildman–Crippen LogP) is 17.8.